The third-order valence-electron chi connectivity index (χ3n) is 2.90. The molecule has 1 atom stereocenters. The van der Waals surface area contributed by atoms with Gasteiger partial charge in [0.15, 0.2) is 0 Å². The van der Waals surface area contributed by atoms with Gasteiger partial charge < -0.3 is 0 Å². The molecule has 0 aliphatic carbocycles. The summed E-state index contributed by atoms with van der Waals surface area (Å²) in [6, 6.07) is 8.21. The summed E-state index contributed by atoms with van der Waals surface area (Å²) in [6.07, 6.45) is -4.30. The van der Waals surface area contributed by atoms with E-state index in [1.165, 1.54) is 23.5 Å². The van der Waals surface area contributed by atoms with Gasteiger partial charge in [0.2, 0.25) is 0 Å². The summed E-state index contributed by atoms with van der Waals surface area (Å²) in [7, 11) is 0. The van der Waals surface area contributed by atoms with E-state index < -0.39 is 12.2 Å². The molecule has 102 valence electrons. The van der Waals surface area contributed by atoms with Crippen LogP contribution >= 0.6 is 11.3 Å². The minimum atomic E-state index is -4.30. The van der Waals surface area contributed by atoms with Gasteiger partial charge in [0, 0.05) is 11.4 Å². The lowest BCUT2D eigenvalue weighted by Crippen LogP contribution is -2.33. The average Bonchev–Trinajstić information content (AvgIpc) is 2.75. The maximum absolute atomic E-state index is 13.1. The molecule has 1 nitrogen and oxygen atoms in total. The summed E-state index contributed by atoms with van der Waals surface area (Å²) in [4.78, 5) is 0.935. The van der Waals surface area contributed by atoms with Gasteiger partial charge in [0.05, 0.1) is 0 Å². The van der Waals surface area contributed by atoms with Crippen LogP contribution in [0.2, 0.25) is 0 Å². The van der Waals surface area contributed by atoms with Crippen LogP contribution in [0, 0.1) is 6.92 Å². The Morgan fingerprint density at radius 1 is 1.16 bits per heavy atom. The highest BCUT2D eigenvalue weighted by Crippen LogP contribution is 2.33. The van der Waals surface area contributed by atoms with E-state index in [9.17, 15) is 13.2 Å². The van der Waals surface area contributed by atoms with Crippen LogP contribution in [0.25, 0.3) is 0 Å². The number of rotatable bonds is 4. The molecule has 2 rings (SSSR count). The van der Waals surface area contributed by atoms with Crippen molar-refractivity contribution < 1.29 is 13.2 Å². The normalized spacial score (nSPS) is 13.5. The molecule has 1 unspecified atom stereocenters. The number of halogens is 3. The molecular weight excluding hydrogens is 271 g/mol. The van der Waals surface area contributed by atoms with Crippen molar-refractivity contribution in [2.45, 2.75) is 25.7 Å². The minimum Gasteiger partial charge on any atom is -0.298 e. The fraction of sp³-hybridized carbons (Fsp3) is 0.286. The molecule has 0 fully saturated rings. The van der Waals surface area contributed by atoms with E-state index >= 15 is 0 Å². The molecule has 1 N–H and O–H groups in total. The predicted octanol–water partition coefficient (Wildman–Crippen LogP) is 4.45. The molecule has 0 spiro atoms. The van der Waals surface area contributed by atoms with Crippen molar-refractivity contribution in [1.82, 2.24) is 5.32 Å². The highest BCUT2D eigenvalue weighted by atomic mass is 32.1. The van der Waals surface area contributed by atoms with E-state index in [-0.39, 0.29) is 12.1 Å². The minimum absolute atomic E-state index is 0.225. The Balaban J connectivity index is 2.14. The van der Waals surface area contributed by atoms with Gasteiger partial charge in [-0.05, 0) is 29.5 Å². The Morgan fingerprint density at radius 2 is 1.84 bits per heavy atom. The largest absolute Gasteiger partial charge is 0.407 e. The Hall–Kier alpha value is -1.33. The molecule has 2 aromatic rings. The SMILES string of the molecule is Cc1ccsc1CNC(c1ccccc1)C(F)(F)F. The van der Waals surface area contributed by atoms with Crippen LogP contribution in [0.15, 0.2) is 41.8 Å². The average molecular weight is 285 g/mol. The first kappa shape index (κ1) is 14.1. The Morgan fingerprint density at radius 3 is 2.37 bits per heavy atom. The number of aryl methyl sites for hydroxylation is 1. The molecule has 0 amide bonds. The predicted molar refractivity (Wildman–Crippen MR) is 71.1 cm³/mol. The van der Waals surface area contributed by atoms with Gasteiger partial charge in [-0.25, -0.2) is 0 Å². The maximum Gasteiger partial charge on any atom is 0.407 e. The van der Waals surface area contributed by atoms with E-state index in [0.29, 0.717) is 0 Å². The van der Waals surface area contributed by atoms with Crippen LogP contribution in [0.3, 0.4) is 0 Å². The zero-order chi connectivity index (χ0) is 13.9. The van der Waals surface area contributed by atoms with Crippen molar-refractivity contribution in [3.05, 3.63) is 57.8 Å². The molecular formula is C14H14F3NS. The van der Waals surface area contributed by atoms with Crippen molar-refractivity contribution in [2.75, 3.05) is 0 Å². The van der Waals surface area contributed by atoms with Crippen molar-refractivity contribution in [2.24, 2.45) is 0 Å². The second-order valence-corrected chi connectivity index (χ2v) is 5.29. The molecule has 1 heterocycles. The molecule has 0 radical (unpaired) electrons. The van der Waals surface area contributed by atoms with E-state index in [1.54, 1.807) is 18.2 Å². The molecule has 0 saturated carbocycles. The highest BCUT2D eigenvalue weighted by molar-refractivity contribution is 7.10. The van der Waals surface area contributed by atoms with Crippen LogP contribution in [0.1, 0.15) is 22.0 Å². The molecule has 5 heteroatoms. The number of hydrogen-bond acceptors (Lipinski definition) is 2. The van der Waals surface area contributed by atoms with Crippen LogP contribution in [0.4, 0.5) is 13.2 Å². The van der Waals surface area contributed by atoms with Gasteiger partial charge in [-0.1, -0.05) is 30.3 Å². The zero-order valence-corrected chi connectivity index (χ0v) is 11.2. The van der Waals surface area contributed by atoms with E-state index in [2.05, 4.69) is 5.32 Å². The fourth-order valence-electron chi connectivity index (χ4n) is 1.85. The second kappa shape index (κ2) is 5.75. The summed E-state index contributed by atoms with van der Waals surface area (Å²) >= 11 is 1.47. The van der Waals surface area contributed by atoms with Gasteiger partial charge in [-0.2, -0.15) is 13.2 Å². The van der Waals surface area contributed by atoms with E-state index in [4.69, 9.17) is 0 Å². The third kappa shape index (κ3) is 3.58. The molecule has 1 aromatic carbocycles. The van der Waals surface area contributed by atoms with Crippen molar-refractivity contribution in [3.63, 3.8) is 0 Å². The standard InChI is InChI=1S/C14H14F3NS/c1-10-7-8-19-12(10)9-18-13(14(15,16)17)11-5-3-2-4-6-11/h2-8,13,18H,9H2,1H3. The first-order valence-electron chi connectivity index (χ1n) is 5.86. The van der Waals surface area contributed by atoms with Crippen LogP contribution in [0.5, 0.6) is 0 Å². The Bertz CT molecular complexity index is 519. The van der Waals surface area contributed by atoms with Gasteiger partial charge in [-0.3, -0.25) is 5.32 Å². The van der Waals surface area contributed by atoms with Crippen molar-refractivity contribution >= 4 is 11.3 Å². The summed E-state index contributed by atoms with van der Waals surface area (Å²) < 4.78 is 39.2. The smallest absolute Gasteiger partial charge is 0.298 e. The molecule has 1 aromatic heterocycles. The lowest BCUT2D eigenvalue weighted by molar-refractivity contribution is -0.158. The Kier molecular flexibility index (Phi) is 4.27. The summed E-state index contributed by atoms with van der Waals surface area (Å²) in [5.41, 5.74) is 1.26. The quantitative estimate of drug-likeness (QED) is 0.875. The van der Waals surface area contributed by atoms with Gasteiger partial charge in [0.1, 0.15) is 6.04 Å². The number of thiophene rings is 1. The van der Waals surface area contributed by atoms with Gasteiger partial charge in [0.25, 0.3) is 0 Å². The van der Waals surface area contributed by atoms with E-state index in [0.717, 1.165) is 10.4 Å². The fourth-order valence-corrected chi connectivity index (χ4v) is 2.71. The van der Waals surface area contributed by atoms with Gasteiger partial charge in [-0.15, -0.1) is 11.3 Å². The van der Waals surface area contributed by atoms with E-state index in [1.807, 2.05) is 18.4 Å². The monoisotopic (exact) mass is 285 g/mol. The summed E-state index contributed by atoms with van der Waals surface area (Å²) in [5.74, 6) is 0. The lowest BCUT2D eigenvalue weighted by Gasteiger charge is -2.22. The molecule has 0 aliphatic heterocycles. The van der Waals surface area contributed by atoms with Crippen LogP contribution < -0.4 is 5.32 Å². The highest BCUT2D eigenvalue weighted by Gasteiger charge is 2.40. The van der Waals surface area contributed by atoms with Crippen LogP contribution in [-0.2, 0) is 6.54 Å². The summed E-state index contributed by atoms with van der Waals surface area (Å²) in [6.45, 7) is 2.13. The second-order valence-electron chi connectivity index (χ2n) is 4.29. The number of alkyl halides is 3. The maximum atomic E-state index is 13.1. The number of hydrogen-bond donors (Lipinski definition) is 1. The molecule has 19 heavy (non-hydrogen) atoms. The van der Waals surface area contributed by atoms with Crippen molar-refractivity contribution in [1.29, 1.82) is 0 Å². The zero-order valence-electron chi connectivity index (χ0n) is 10.4. The first-order chi connectivity index (χ1) is 8.98. The third-order valence-corrected chi connectivity index (χ3v) is 3.92. The van der Waals surface area contributed by atoms with Crippen LogP contribution in [-0.4, -0.2) is 6.18 Å². The molecule has 0 saturated heterocycles. The summed E-state index contributed by atoms with van der Waals surface area (Å²) in [5, 5.41) is 4.49. The first-order valence-corrected chi connectivity index (χ1v) is 6.74. The number of benzene rings is 1. The topological polar surface area (TPSA) is 12.0 Å². The number of nitrogens with one attached hydrogen (secondary N) is 1. The van der Waals surface area contributed by atoms with Crippen molar-refractivity contribution in [3.8, 4) is 0 Å². The lowest BCUT2D eigenvalue weighted by atomic mass is 10.1. The Labute approximate surface area is 114 Å². The van der Waals surface area contributed by atoms with Gasteiger partial charge >= 0.3 is 6.18 Å². The molecule has 0 bridgehead atoms. The molecule has 0 aliphatic rings.